The van der Waals surface area contributed by atoms with E-state index in [9.17, 15) is 83.2 Å². The van der Waals surface area contributed by atoms with Crippen molar-refractivity contribution >= 4 is 134 Å². The van der Waals surface area contributed by atoms with Gasteiger partial charge in [-0.05, 0) is 229 Å². The monoisotopic (exact) mass is 2010 g/mol. The van der Waals surface area contributed by atoms with Crippen LogP contribution < -0.4 is 38.2 Å². The van der Waals surface area contributed by atoms with Gasteiger partial charge in [-0.1, -0.05) is 91.0 Å². The molecule has 0 aliphatic rings. The molecule has 10 aromatic carbocycles. The molecule has 0 spiro atoms. The summed E-state index contributed by atoms with van der Waals surface area (Å²) >= 11 is 4.12. The van der Waals surface area contributed by atoms with E-state index in [0.717, 1.165) is 24.3 Å². The Labute approximate surface area is 758 Å². The summed E-state index contributed by atoms with van der Waals surface area (Å²) in [7, 11) is 1.75. The molecule has 19 rings (SSSR count). The number of nitrogens with zero attached hydrogens (tertiary/aromatic N) is 8. The van der Waals surface area contributed by atoms with Crippen LogP contribution in [0.5, 0.6) is 0 Å². The molecule has 0 bridgehead atoms. The second-order valence-electron chi connectivity index (χ2n) is 29.4. The van der Waals surface area contributed by atoms with E-state index in [1.165, 1.54) is 215 Å². The third-order valence-corrected chi connectivity index (χ3v) is 22.4. The largest absolute Gasteiger partial charge is 0.458 e. The molecule has 19 aromatic rings. The number of hydrogen-bond donors (Lipinski definition) is 5. The van der Waals surface area contributed by atoms with E-state index in [1.807, 2.05) is 22.6 Å². The van der Waals surface area contributed by atoms with Crippen molar-refractivity contribution in [3.63, 3.8) is 0 Å². The maximum atomic E-state index is 14.6. The van der Waals surface area contributed by atoms with Gasteiger partial charge < -0.3 is 48.5 Å². The van der Waals surface area contributed by atoms with Gasteiger partial charge in [-0.3, -0.25) is 24.0 Å². The third kappa shape index (κ3) is 18.0. The number of benzene rings is 10. The number of halogens is 12. The molecule has 0 saturated heterocycles. The first-order valence-electron chi connectivity index (χ1n) is 39.5. The number of anilines is 2. The second kappa shape index (κ2) is 38.1. The molecule has 35 heteroatoms. The van der Waals surface area contributed by atoms with E-state index < -0.39 is 116 Å². The SMILES string of the molecule is CC(O)c1oc2cccc(F)c2c(=O)c1-c1ccc(F)cc1.CC(O)c1oc2cccc(F)c2c(=O)c1-c1ccc(F)cc1.CC(O)c1oc2cccc(F)c2c(=O)c1-c1cccc(F)c1.CC(c1oc2cccc(F)c2c(=O)c1-c1ccc(F)cc1)n1nc(I)c2c(N)ncnc21.CNc1ncnc2c1c(I)nn2C(C)c1oc2cccc(F)c2c(=O)c1-c1cccc(F)c1. The van der Waals surface area contributed by atoms with Crippen LogP contribution in [0.25, 0.3) is 133 Å². The number of aromatic nitrogens is 8. The molecule has 23 nitrogen and oxygen atoms in total. The van der Waals surface area contributed by atoms with Gasteiger partial charge in [-0.25, -0.2) is 73.2 Å². The number of fused-ring (bicyclic) bond motifs is 7. The average Bonchev–Trinajstić information content (AvgIpc) is 1.58. The molecule has 662 valence electrons. The zero-order chi connectivity index (χ0) is 93.4. The number of aliphatic hydroxyl groups is 3. The number of rotatable bonds is 13. The predicted octanol–water partition coefficient (Wildman–Crippen LogP) is 21.2. The molecule has 9 aromatic heterocycles. The van der Waals surface area contributed by atoms with Crippen LogP contribution in [0.2, 0.25) is 0 Å². The molecule has 0 amide bonds. The van der Waals surface area contributed by atoms with E-state index in [4.69, 9.17) is 27.8 Å². The van der Waals surface area contributed by atoms with Crippen LogP contribution in [0, 0.1) is 65.6 Å². The molecule has 0 saturated carbocycles. The van der Waals surface area contributed by atoms with Crippen molar-refractivity contribution in [1.82, 2.24) is 39.5 Å². The highest BCUT2D eigenvalue weighted by Gasteiger charge is 2.32. The molecule has 0 fully saturated rings. The summed E-state index contributed by atoms with van der Waals surface area (Å²) in [6.07, 6.45) is -0.500. The van der Waals surface area contributed by atoms with E-state index in [1.54, 1.807) is 36.3 Å². The predicted molar refractivity (Wildman–Crippen MR) is 489 cm³/mol. The topological polar surface area (TPSA) is 337 Å². The number of aliphatic hydroxyl groups excluding tert-OH is 3. The van der Waals surface area contributed by atoms with Gasteiger partial charge >= 0.3 is 0 Å². The lowest BCUT2D eigenvalue weighted by molar-refractivity contribution is 0.171. The standard InChI is InChI=1S/C23H16F2IN5O2.C22H14F2IN5O2.3C17H12F2O3/c1-11(31-23-18(21(26)30-31)22(27-2)28-10-29-23)20-16(12-5-3-6-13(24)9-12)19(32)17-14(25)7-4-8-15(17)33-20;1-10(30-22-17(20(25)29-30)21(26)27-9-28-22)19-15(11-5-7-12(23)8-6-11)18(31)16-13(24)3-2-4-14(16)32-19;1-9(20)17-14(10-4-2-5-11(18)8-10)16(21)15-12(19)6-3-7-13(15)22-17;2*1-9(20)17-14(10-5-7-11(18)8-6-10)16(21)15-12(19)3-2-4-13(15)22-17/h3-11H,1-2H3,(H,27,28,29);2-10H,1H3,(H2,26,27,28);3*2-9,20H,1H3. The Kier molecular flexibility index (Phi) is 26.6. The molecule has 0 radical (unpaired) electrons. The summed E-state index contributed by atoms with van der Waals surface area (Å²) in [4.78, 5) is 81.8. The third-order valence-electron chi connectivity index (χ3n) is 20.9. The Morgan fingerprint density at radius 3 is 0.901 bits per heavy atom. The Bertz CT molecular complexity index is 7860. The molecular formula is C96H66F10I2N10O13. The number of hydrogen-bond acceptors (Lipinski definition) is 21. The smallest absolute Gasteiger partial charge is 0.203 e. The molecule has 131 heavy (non-hydrogen) atoms. The van der Waals surface area contributed by atoms with E-state index >= 15 is 0 Å². The van der Waals surface area contributed by atoms with Gasteiger partial charge in [0.15, 0.2) is 11.3 Å². The number of nitrogen functional groups attached to an aromatic ring is 1. The highest BCUT2D eigenvalue weighted by Crippen LogP contribution is 2.40. The minimum atomic E-state index is -1.10. The Morgan fingerprint density at radius 1 is 0.328 bits per heavy atom. The lowest BCUT2D eigenvalue weighted by Gasteiger charge is -2.17. The fourth-order valence-corrected chi connectivity index (χ4v) is 16.4. The van der Waals surface area contributed by atoms with Gasteiger partial charge in [0.25, 0.3) is 0 Å². The van der Waals surface area contributed by atoms with Gasteiger partial charge in [0.1, 0.15) is 204 Å². The van der Waals surface area contributed by atoms with E-state index in [2.05, 4.69) is 58.0 Å². The van der Waals surface area contributed by atoms with Gasteiger partial charge in [0.2, 0.25) is 27.1 Å². The first kappa shape index (κ1) is 91.3. The fourth-order valence-electron chi connectivity index (χ4n) is 14.9. The average molecular weight is 2010 g/mol. The van der Waals surface area contributed by atoms with Crippen LogP contribution in [0.4, 0.5) is 55.5 Å². The highest BCUT2D eigenvalue weighted by atomic mass is 127. The normalized spacial score (nSPS) is 12.5. The first-order valence-corrected chi connectivity index (χ1v) is 41.7. The lowest BCUT2D eigenvalue weighted by atomic mass is 9.99. The number of nitrogens with two attached hydrogens (primary N) is 1. The lowest BCUT2D eigenvalue weighted by Crippen LogP contribution is -2.17. The van der Waals surface area contributed by atoms with Gasteiger partial charge in [0.05, 0.1) is 38.6 Å². The summed E-state index contributed by atoms with van der Waals surface area (Å²) in [5.74, 6) is -4.61. The zero-order valence-electron chi connectivity index (χ0n) is 68.9. The van der Waals surface area contributed by atoms with Crippen molar-refractivity contribution in [2.75, 3.05) is 18.1 Å². The molecule has 6 N–H and O–H groups in total. The van der Waals surface area contributed by atoms with Crippen molar-refractivity contribution in [3.8, 4) is 55.6 Å². The minimum absolute atomic E-state index is 0.0197. The fraction of sp³-hybridized carbons (Fsp3) is 0.115. The zero-order valence-corrected chi connectivity index (χ0v) is 73.2. The van der Waals surface area contributed by atoms with Crippen molar-refractivity contribution in [2.24, 2.45) is 0 Å². The summed E-state index contributed by atoms with van der Waals surface area (Å²) in [6, 6.07) is 45.8. The van der Waals surface area contributed by atoms with Crippen LogP contribution in [0.1, 0.15) is 93.8 Å². The minimum Gasteiger partial charge on any atom is -0.458 e. The molecule has 5 unspecified atom stereocenters. The van der Waals surface area contributed by atoms with Gasteiger partial charge in [0, 0.05) is 7.05 Å². The molecular weight excluding hydrogens is 1940 g/mol. The van der Waals surface area contributed by atoms with Crippen molar-refractivity contribution < 1.29 is 81.3 Å². The molecule has 0 aliphatic heterocycles. The van der Waals surface area contributed by atoms with E-state index in [-0.39, 0.29) is 128 Å². The Balaban J connectivity index is 0.000000127. The van der Waals surface area contributed by atoms with Crippen LogP contribution >= 0.6 is 45.2 Å². The Morgan fingerprint density at radius 2 is 0.595 bits per heavy atom. The van der Waals surface area contributed by atoms with E-state index in [0.29, 0.717) is 52.0 Å². The number of nitrogens with one attached hydrogen (secondary N) is 1. The second-order valence-corrected chi connectivity index (χ2v) is 31.5. The van der Waals surface area contributed by atoms with Crippen LogP contribution in [0.3, 0.4) is 0 Å². The molecule has 5 atom stereocenters. The molecule has 0 aliphatic carbocycles. The van der Waals surface area contributed by atoms with Crippen LogP contribution in [-0.4, -0.2) is 61.9 Å². The maximum Gasteiger partial charge on any atom is 0.203 e. The first-order chi connectivity index (χ1) is 62.7. The van der Waals surface area contributed by atoms with Crippen molar-refractivity contribution in [1.29, 1.82) is 0 Å². The summed E-state index contributed by atoms with van der Waals surface area (Å²) in [5.41, 5.74) is 6.23. The summed E-state index contributed by atoms with van der Waals surface area (Å²) in [5, 5.41) is 42.1. The van der Waals surface area contributed by atoms with Crippen LogP contribution in [-0.2, 0) is 0 Å². The van der Waals surface area contributed by atoms with Crippen molar-refractivity contribution in [2.45, 2.75) is 65.0 Å². The summed E-state index contributed by atoms with van der Waals surface area (Å²) in [6.45, 7) is 7.87. The highest BCUT2D eigenvalue weighted by molar-refractivity contribution is 14.1. The molecule has 9 heterocycles. The van der Waals surface area contributed by atoms with Crippen molar-refractivity contribution in [3.05, 3.63) is 370 Å². The van der Waals surface area contributed by atoms with Gasteiger partial charge in [-0.15, -0.1) is 0 Å². The summed E-state index contributed by atoms with van der Waals surface area (Å²) < 4.78 is 171. The van der Waals surface area contributed by atoms with Crippen LogP contribution in [0.15, 0.2) is 271 Å². The Hall–Kier alpha value is -14.4. The quantitative estimate of drug-likeness (QED) is 0.0529. The maximum absolute atomic E-state index is 14.6. The van der Waals surface area contributed by atoms with Gasteiger partial charge in [-0.2, -0.15) is 10.2 Å².